The lowest BCUT2D eigenvalue weighted by Gasteiger charge is -2.49. The average Bonchev–Trinajstić information content (AvgIpc) is 3.12. The molecular formula is C19H25N5OS. The molecule has 0 unspecified atom stereocenters. The third-order valence-corrected chi connectivity index (χ3v) is 6.11. The number of thiazole rings is 1. The van der Waals surface area contributed by atoms with Crippen LogP contribution in [-0.2, 0) is 11.3 Å². The Morgan fingerprint density at radius 3 is 2.69 bits per heavy atom. The van der Waals surface area contributed by atoms with Crippen molar-refractivity contribution >= 4 is 28.1 Å². The van der Waals surface area contributed by atoms with Gasteiger partial charge >= 0.3 is 0 Å². The first-order valence-corrected chi connectivity index (χ1v) is 9.87. The number of nitrogens with one attached hydrogen (secondary N) is 1. The number of amides is 1. The Labute approximate surface area is 158 Å². The highest BCUT2D eigenvalue weighted by molar-refractivity contribution is 7.15. The molecule has 0 saturated carbocycles. The fraction of sp³-hybridized carbons (Fsp3) is 0.526. The first kappa shape index (κ1) is 17.4. The van der Waals surface area contributed by atoms with Crippen LogP contribution in [0.15, 0.2) is 18.3 Å². The molecule has 1 N–H and O–H groups in total. The van der Waals surface area contributed by atoms with Crippen LogP contribution in [0.1, 0.15) is 29.6 Å². The SMILES string of the molecule is CC(=O)Nc1ncc(CN2CCC3(C2)CN(c2cc(C)nc(C)c2)C3)s1. The van der Waals surface area contributed by atoms with E-state index in [0.29, 0.717) is 10.5 Å². The molecule has 0 aliphatic carbocycles. The largest absolute Gasteiger partial charge is 0.370 e. The first-order chi connectivity index (χ1) is 12.4. The third-order valence-electron chi connectivity index (χ3n) is 5.22. The molecule has 2 aliphatic heterocycles. The Morgan fingerprint density at radius 1 is 1.27 bits per heavy atom. The van der Waals surface area contributed by atoms with Gasteiger partial charge in [-0.15, -0.1) is 11.3 Å². The highest BCUT2D eigenvalue weighted by Gasteiger charge is 2.47. The summed E-state index contributed by atoms with van der Waals surface area (Å²) < 4.78 is 0. The van der Waals surface area contributed by atoms with Crippen molar-refractivity contribution in [2.24, 2.45) is 5.41 Å². The van der Waals surface area contributed by atoms with Gasteiger partial charge in [0.2, 0.25) is 5.91 Å². The molecule has 4 heterocycles. The van der Waals surface area contributed by atoms with Crippen molar-refractivity contribution in [1.29, 1.82) is 0 Å². The van der Waals surface area contributed by atoms with Crippen molar-refractivity contribution in [2.45, 2.75) is 33.7 Å². The number of aryl methyl sites for hydroxylation is 2. The van der Waals surface area contributed by atoms with E-state index in [1.807, 2.05) is 6.20 Å². The van der Waals surface area contributed by atoms with Gasteiger partial charge in [0.05, 0.1) is 0 Å². The number of carbonyl (C=O) groups is 1. The maximum atomic E-state index is 11.1. The minimum Gasteiger partial charge on any atom is -0.370 e. The molecule has 2 aliphatic rings. The molecule has 4 rings (SSSR count). The Bertz CT molecular complexity index is 807. The van der Waals surface area contributed by atoms with E-state index in [-0.39, 0.29) is 5.91 Å². The average molecular weight is 372 g/mol. The molecule has 7 heteroatoms. The molecule has 2 fully saturated rings. The first-order valence-electron chi connectivity index (χ1n) is 9.06. The fourth-order valence-electron chi connectivity index (χ4n) is 4.17. The Morgan fingerprint density at radius 2 is 2.00 bits per heavy atom. The van der Waals surface area contributed by atoms with Gasteiger partial charge in [0.15, 0.2) is 5.13 Å². The van der Waals surface area contributed by atoms with Crippen LogP contribution in [0.4, 0.5) is 10.8 Å². The summed E-state index contributed by atoms with van der Waals surface area (Å²) in [6, 6.07) is 4.38. The summed E-state index contributed by atoms with van der Waals surface area (Å²) in [7, 11) is 0. The lowest BCUT2D eigenvalue weighted by atomic mass is 9.78. The van der Waals surface area contributed by atoms with Crippen LogP contribution < -0.4 is 10.2 Å². The molecule has 2 saturated heterocycles. The molecule has 0 radical (unpaired) electrons. The number of likely N-dealkylation sites (tertiary alicyclic amines) is 1. The van der Waals surface area contributed by atoms with Crippen LogP contribution in [0.25, 0.3) is 0 Å². The van der Waals surface area contributed by atoms with E-state index in [4.69, 9.17) is 0 Å². The summed E-state index contributed by atoms with van der Waals surface area (Å²) in [4.78, 5) is 26.1. The maximum absolute atomic E-state index is 11.1. The van der Waals surface area contributed by atoms with E-state index in [1.54, 1.807) is 11.3 Å². The molecule has 2 aromatic rings. The number of pyridine rings is 1. The minimum atomic E-state index is -0.0674. The van der Waals surface area contributed by atoms with Gasteiger partial charge in [-0.05, 0) is 38.9 Å². The summed E-state index contributed by atoms with van der Waals surface area (Å²) in [6.07, 6.45) is 3.14. The highest BCUT2D eigenvalue weighted by atomic mass is 32.1. The van der Waals surface area contributed by atoms with Crippen molar-refractivity contribution in [3.8, 4) is 0 Å². The normalized spacial score (nSPS) is 19.0. The van der Waals surface area contributed by atoms with Crippen LogP contribution in [0.5, 0.6) is 0 Å². The maximum Gasteiger partial charge on any atom is 0.223 e. The molecule has 1 amide bonds. The number of rotatable bonds is 4. The predicted octanol–water partition coefficient (Wildman–Crippen LogP) is 2.83. The topological polar surface area (TPSA) is 61.4 Å². The number of aromatic nitrogens is 2. The summed E-state index contributed by atoms with van der Waals surface area (Å²) in [5.41, 5.74) is 3.92. The van der Waals surface area contributed by atoms with Crippen LogP contribution in [0.2, 0.25) is 0 Å². The van der Waals surface area contributed by atoms with Gasteiger partial charge in [0.1, 0.15) is 0 Å². The van der Waals surface area contributed by atoms with Gasteiger partial charge in [-0.25, -0.2) is 4.98 Å². The minimum absolute atomic E-state index is 0.0674. The molecule has 138 valence electrons. The van der Waals surface area contributed by atoms with Crippen molar-refractivity contribution in [3.63, 3.8) is 0 Å². The van der Waals surface area contributed by atoms with Crippen LogP contribution in [0, 0.1) is 19.3 Å². The van der Waals surface area contributed by atoms with E-state index in [9.17, 15) is 4.79 Å². The van der Waals surface area contributed by atoms with Crippen molar-refractivity contribution < 1.29 is 4.79 Å². The second-order valence-electron chi connectivity index (χ2n) is 7.74. The lowest BCUT2D eigenvalue weighted by Crippen LogP contribution is -2.57. The van der Waals surface area contributed by atoms with Gasteiger partial charge in [0.25, 0.3) is 0 Å². The van der Waals surface area contributed by atoms with E-state index in [2.05, 4.69) is 51.1 Å². The molecule has 0 atom stereocenters. The number of anilines is 2. The summed E-state index contributed by atoms with van der Waals surface area (Å²) in [5.74, 6) is -0.0674. The predicted molar refractivity (Wildman–Crippen MR) is 105 cm³/mol. The zero-order chi connectivity index (χ0) is 18.3. The zero-order valence-electron chi connectivity index (χ0n) is 15.6. The smallest absolute Gasteiger partial charge is 0.223 e. The molecule has 6 nitrogen and oxygen atoms in total. The van der Waals surface area contributed by atoms with Crippen molar-refractivity contribution in [3.05, 3.63) is 34.6 Å². The van der Waals surface area contributed by atoms with Gasteiger partial charge in [0, 0.05) is 66.7 Å². The van der Waals surface area contributed by atoms with Crippen LogP contribution >= 0.6 is 11.3 Å². The molecule has 0 bridgehead atoms. The number of nitrogens with zero attached hydrogens (tertiary/aromatic N) is 4. The van der Waals surface area contributed by atoms with Crippen molar-refractivity contribution in [1.82, 2.24) is 14.9 Å². The van der Waals surface area contributed by atoms with Gasteiger partial charge in [-0.3, -0.25) is 14.7 Å². The molecule has 0 aromatic carbocycles. The molecule has 2 aromatic heterocycles. The van der Waals surface area contributed by atoms with E-state index in [1.165, 1.54) is 23.9 Å². The molecule has 1 spiro atoms. The van der Waals surface area contributed by atoms with E-state index in [0.717, 1.165) is 44.1 Å². The van der Waals surface area contributed by atoms with E-state index < -0.39 is 0 Å². The molecule has 26 heavy (non-hydrogen) atoms. The number of carbonyl (C=O) groups excluding carboxylic acids is 1. The summed E-state index contributed by atoms with van der Waals surface area (Å²) in [5, 5.41) is 3.45. The monoisotopic (exact) mass is 371 g/mol. The van der Waals surface area contributed by atoms with Crippen molar-refractivity contribution in [2.75, 3.05) is 36.4 Å². The van der Waals surface area contributed by atoms with Crippen LogP contribution in [-0.4, -0.2) is 47.0 Å². The third kappa shape index (κ3) is 3.59. The van der Waals surface area contributed by atoms with Crippen LogP contribution in [0.3, 0.4) is 0 Å². The molecular weight excluding hydrogens is 346 g/mol. The van der Waals surface area contributed by atoms with Gasteiger partial charge in [-0.2, -0.15) is 0 Å². The second-order valence-corrected chi connectivity index (χ2v) is 8.85. The van der Waals surface area contributed by atoms with Gasteiger partial charge < -0.3 is 10.2 Å². The summed E-state index contributed by atoms with van der Waals surface area (Å²) in [6.45, 7) is 11.1. The summed E-state index contributed by atoms with van der Waals surface area (Å²) >= 11 is 1.57. The Hall–Kier alpha value is -1.99. The highest BCUT2D eigenvalue weighted by Crippen LogP contribution is 2.42. The van der Waals surface area contributed by atoms with E-state index >= 15 is 0 Å². The number of hydrogen-bond acceptors (Lipinski definition) is 6. The standard InChI is InChI=1S/C19H25N5OS/c1-13-6-16(7-14(2)21-13)24-11-19(12-24)4-5-23(10-19)9-17-8-20-18(26-17)22-15(3)25/h6-8H,4-5,9-12H2,1-3H3,(H,20,22,25). The van der Waals surface area contributed by atoms with Gasteiger partial charge in [-0.1, -0.05) is 0 Å². The number of hydrogen-bond donors (Lipinski definition) is 1. The quantitative estimate of drug-likeness (QED) is 0.895. The Kier molecular flexibility index (Phi) is 4.44. The Balaban J connectivity index is 1.33. The zero-order valence-corrected chi connectivity index (χ0v) is 16.4. The second kappa shape index (κ2) is 6.63. The lowest BCUT2D eigenvalue weighted by molar-refractivity contribution is -0.114. The fourth-order valence-corrected chi connectivity index (χ4v) is 5.07.